The highest BCUT2D eigenvalue weighted by molar-refractivity contribution is 6.30. The molecule has 3 rings (SSSR count). The number of nitrogens with one attached hydrogen (secondary N) is 1. The van der Waals surface area contributed by atoms with E-state index < -0.39 is 0 Å². The van der Waals surface area contributed by atoms with Crippen LogP contribution in [-0.2, 0) is 4.74 Å². The van der Waals surface area contributed by atoms with Gasteiger partial charge < -0.3 is 15.0 Å². The first kappa shape index (κ1) is 14.4. The molecule has 1 aromatic carbocycles. The van der Waals surface area contributed by atoms with Crippen LogP contribution in [0.4, 0.5) is 17.5 Å². The summed E-state index contributed by atoms with van der Waals surface area (Å²) in [5.74, 6) is 1.26. The van der Waals surface area contributed by atoms with Crippen LogP contribution in [0.15, 0.2) is 30.3 Å². The van der Waals surface area contributed by atoms with E-state index in [-0.39, 0.29) is 0 Å². The molecular formula is C14H14Cl2N4O. The summed E-state index contributed by atoms with van der Waals surface area (Å²) in [5.41, 5.74) is 0.891. The van der Waals surface area contributed by atoms with Gasteiger partial charge in [0.05, 0.1) is 13.2 Å². The lowest BCUT2D eigenvalue weighted by Crippen LogP contribution is -2.37. The number of ether oxygens (including phenoxy) is 1. The molecule has 1 N–H and O–H groups in total. The second-order valence-electron chi connectivity index (χ2n) is 4.61. The normalized spacial score (nSPS) is 15.0. The first-order chi connectivity index (χ1) is 10.2. The summed E-state index contributed by atoms with van der Waals surface area (Å²) in [6.45, 7) is 2.88. The summed E-state index contributed by atoms with van der Waals surface area (Å²) >= 11 is 12.0. The quantitative estimate of drug-likeness (QED) is 0.877. The molecule has 0 amide bonds. The molecule has 2 aromatic rings. The Hall–Kier alpha value is -1.56. The molecular weight excluding hydrogens is 311 g/mol. The Labute approximate surface area is 132 Å². The van der Waals surface area contributed by atoms with Crippen LogP contribution in [0.1, 0.15) is 0 Å². The second kappa shape index (κ2) is 6.47. The molecule has 0 atom stereocenters. The summed E-state index contributed by atoms with van der Waals surface area (Å²) in [4.78, 5) is 10.8. The Morgan fingerprint density at radius 2 is 1.76 bits per heavy atom. The van der Waals surface area contributed by atoms with Crippen molar-refractivity contribution >= 4 is 40.7 Å². The number of benzene rings is 1. The molecule has 0 aliphatic carbocycles. The van der Waals surface area contributed by atoms with Gasteiger partial charge in [-0.05, 0) is 24.3 Å². The van der Waals surface area contributed by atoms with E-state index >= 15 is 0 Å². The van der Waals surface area contributed by atoms with Gasteiger partial charge in [-0.25, -0.2) is 4.98 Å². The number of rotatable bonds is 3. The maximum absolute atomic E-state index is 6.09. The van der Waals surface area contributed by atoms with E-state index in [4.69, 9.17) is 27.9 Å². The van der Waals surface area contributed by atoms with E-state index in [1.54, 1.807) is 6.07 Å². The van der Waals surface area contributed by atoms with E-state index in [2.05, 4.69) is 20.2 Å². The van der Waals surface area contributed by atoms with Crippen molar-refractivity contribution in [2.45, 2.75) is 0 Å². The van der Waals surface area contributed by atoms with Crippen molar-refractivity contribution in [3.05, 3.63) is 40.5 Å². The van der Waals surface area contributed by atoms with Gasteiger partial charge in [0.15, 0.2) is 0 Å². The van der Waals surface area contributed by atoms with Gasteiger partial charge >= 0.3 is 0 Å². The zero-order valence-corrected chi connectivity index (χ0v) is 12.7. The lowest BCUT2D eigenvalue weighted by Gasteiger charge is -2.27. The third kappa shape index (κ3) is 3.75. The lowest BCUT2D eigenvalue weighted by atomic mass is 10.3. The summed E-state index contributed by atoms with van der Waals surface area (Å²) in [6.07, 6.45) is 0. The number of hydrogen-bond acceptors (Lipinski definition) is 5. The molecule has 1 aromatic heterocycles. The third-order valence-electron chi connectivity index (χ3n) is 3.09. The third-order valence-corrected chi connectivity index (χ3v) is 3.54. The highest BCUT2D eigenvalue weighted by atomic mass is 35.5. The van der Waals surface area contributed by atoms with Crippen LogP contribution in [0.25, 0.3) is 0 Å². The average Bonchev–Trinajstić information content (AvgIpc) is 2.50. The lowest BCUT2D eigenvalue weighted by molar-refractivity contribution is 0.122. The molecule has 0 spiro atoms. The van der Waals surface area contributed by atoms with Gasteiger partial charge in [-0.1, -0.05) is 23.2 Å². The van der Waals surface area contributed by atoms with Crippen LogP contribution in [0.5, 0.6) is 0 Å². The molecule has 7 heteroatoms. The van der Waals surface area contributed by atoms with Gasteiger partial charge in [-0.2, -0.15) is 4.98 Å². The molecule has 1 aliphatic heterocycles. The van der Waals surface area contributed by atoms with Gasteiger partial charge in [-0.15, -0.1) is 0 Å². The van der Waals surface area contributed by atoms with Gasteiger partial charge in [0.25, 0.3) is 0 Å². The van der Waals surface area contributed by atoms with E-state index in [0.717, 1.165) is 18.8 Å². The molecule has 2 heterocycles. The van der Waals surface area contributed by atoms with Gasteiger partial charge in [-0.3, -0.25) is 0 Å². The van der Waals surface area contributed by atoms with E-state index in [1.165, 1.54) is 0 Å². The van der Waals surface area contributed by atoms with Crippen molar-refractivity contribution in [3.63, 3.8) is 0 Å². The number of nitrogens with zero attached hydrogens (tertiary/aromatic N) is 3. The fourth-order valence-electron chi connectivity index (χ4n) is 2.06. The van der Waals surface area contributed by atoms with Gasteiger partial charge in [0, 0.05) is 29.9 Å². The maximum Gasteiger partial charge on any atom is 0.228 e. The predicted molar refractivity (Wildman–Crippen MR) is 84.8 cm³/mol. The van der Waals surface area contributed by atoms with Crippen LogP contribution >= 0.6 is 23.2 Å². The molecule has 0 radical (unpaired) electrons. The number of halogens is 2. The van der Waals surface area contributed by atoms with Crippen LogP contribution in [0, 0.1) is 0 Å². The molecule has 1 fully saturated rings. The molecule has 5 nitrogen and oxygen atoms in total. The zero-order chi connectivity index (χ0) is 14.7. The minimum Gasteiger partial charge on any atom is -0.378 e. The molecule has 0 saturated carbocycles. The number of morpholine rings is 1. The van der Waals surface area contributed by atoms with Crippen molar-refractivity contribution in [1.29, 1.82) is 0 Å². The fraction of sp³-hybridized carbons (Fsp3) is 0.286. The molecule has 1 aliphatic rings. The summed E-state index contributed by atoms with van der Waals surface area (Å²) in [7, 11) is 0. The average molecular weight is 325 g/mol. The molecule has 0 bridgehead atoms. The fourth-order valence-corrected chi connectivity index (χ4v) is 2.36. The number of aromatic nitrogens is 2. The Morgan fingerprint density at radius 1 is 1.05 bits per heavy atom. The summed E-state index contributed by atoms with van der Waals surface area (Å²) in [6, 6.07) is 9.09. The first-order valence-electron chi connectivity index (χ1n) is 6.60. The second-order valence-corrected chi connectivity index (χ2v) is 5.43. The molecule has 1 saturated heterocycles. The standard InChI is InChI=1S/C14H14Cl2N4O/c15-10-1-3-11(4-2-10)17-13-9-12(16)18-14(19-13)20-5-7-21-8-6-20/h1-4,9H,5-8H2,(H,17,18,19). The van der Waals surface area contributed by atoms with Crippen molar-refractivity contribution in [3.8, 4) is 0 Å². The van der Waals surface area contributed by atoms with Crippen LogP contribution in [0.2, 0.25) is 10.2 Å². The SMILES string of the molecule is Clc1ccc(Nc2cc(Cl)nc(N3CCOCC3)n2)cc1. The molecule has 21 heavy (non-hydrogen) atoms. The number of hydrogen-bond donors (Lipinski definition) is 1. The Balaban J connectivity index is 1.81. The van der Waals surface area contributed by atoms with Crippen molar-refractivity contribution in [2.75, 3.05) is 36.5 Å². The minimum absolute atomic E-state index is 0.406. The van der Waals surface area contributed by atoms with Crippen LogP contribution in [-0.4, -0.2) is 36.3 Å². The summed E-state index contributed by atoms with van der Waals surface area (Å²) in [5, 5.41) is 4.29. The Morgan fingerprint density at radius 3 is 2.48 bits per heavy atom. The first-order valence-corrected chi connectivity index (χ1v) is 7.36. The monoisotopic (exact) mass is 324 g/mol. The van der Waals surface area contributed by atoms with Gasteiger partial charge in [0.2, 0.25) is 5.95 Å². The predicted octanol–water partition coefficient (Wildman–Crippen LogP) is 3.36. The largest absolute Gasteiger partial charge is 0.378 e. The zero-order valence-electron chi connectivity index (χ0n) is 11.2. The molecule has 0 unspecified atom stereocenters. The number of anilines is 3. The summed E-state index contributed by atoms with van der Waals surface area (Å²) < 4.78 is 5.33. The van der Waals surface area contributed by atoms with E-state index in [1.807, 2.05) is 24.3 Å². The van der Waals surface area contributed by atoms with Crippen molar-refractivity contribution in [2.24, 2.45) is 0 Å². The van der Waals surface area contributed by atoms with E-state index in [0.29, 0.717) is 35.2 Å². The van der Waals surface area contributed by atoms with Gasteiger partial charge in [0.1, 0.15) is 11.0 Å². The topological polar surface area (TPSA) is 50.3 Å². The Kier molecular flexibility index (Phi) is 4.43. The van der Waals surface area contributed by atoms with Crippen molar-refractivity contribution in [1.82, 2.24) is 9.97 Å². The maximum atomic E-state index is 6.09. The molecule has 110 valence electrons. The van der Waals surface area contributed by atoms with Crippen molar-refractivity contribution < 1.29 is 4.74 Å². The highest BCUT2D eigenvalue weighted by Crippen LogP contribution is 2.22. The smallest absolute Gasteiger partial charge is 0.228 e. The van der Waals surface area contributed by atoms with Crippen LogP contribution < -0.4 is 10.2 Å². The van der Waals surface area contributed by atoms with Crippen LogP contribution in [0.3, 0.4) is 0 Å². The van der Waals surface area contributed by atoms with E-state index in [9.17, 15) is 0 Å². The minimum atomic E-state index is 0.406. The highest BCUT2D eigenvalue weighted by Gasteiger charge is 2.15. The Bertz CT molecular complexity index is 615.